The first kappa shape index (κ1) is 39.2. The van der Waals surface area contributed by atoms with Gasteiger partial charge in [0.1, 0.15) is 10.7 Å². The van der Waals surface area contributed by atoms with Gasteiger partial charge in [0.05, 0.1) is 41.0 Å². The maximum atomic E-state index is 14.7. The SMILES string of the molecule is CC(c1nc(C(F)(F)F)cs1)N1C[C@@H](CO[Si](c2ccccc2)(c2ccccc2)C(C)(C)C)n2nc3c(c2C1=O)CN(C(=O)c1ccc(Cl)c(Cl)c1)[C@H](C)C3. The molecule has 8 nitrogen and oxygen atoms in total. The van der Waals surface area contributed by atoms with Crippen molar-refractivity contribution in [3.63, 3.8) is 0 Å². The monoisotopic (exact) mass is 825 g/mol. The first-order chi connectivity index (χ1) is 26.0. The van der Waals surface area contributed by atoms with Gasteiger partial charge in [-0.05, 0) is 47.5 Å². The largest absolute Gasteiger partial charge is 0.434 e. The maximum Gasteiger partial charge on any atom is 0.434 e. The summed E-state index contributed by atoms with van der Waals surface area (Å²) < 4.78 is 50.1. The highest BCUT2D eigenvalue weighted by Gasteiger charge is 2.51. The second-order valence-corrected chi connectivity index (χ2v) is 21.2. The van der Waals surface area contributed by atoms with E-state index in [0.717, 1.165) is 27.1 Å². The summed E-state index contributed by atoms with van der Waals surface area (Å²) in [7, 11) is -3.05. The van der Waals surface area contributed by atoms with Crippen LogP contribution in [0.5, 0.6) is 0 Å². The molecule has 2 aliphatic rings. The van der Waals surface area contributed by atoms with Gasteiger partial charge in [-0.2, -0.15) is 18.3 Å². The quantitative estimate of drug-likeness (QED) is 0.147. The Balaban J connectivity index is 1.31. The third-order valence-corrected chi connectivity index (χ3v) is 17.4. The predicted molar refractivity (Wildman–Crippen MR) is 211 cm³/mol. The predicted octanol–water partition coefficient (Wildman–Crippen LogP) is 8.59. The smallest absolute Gasteiger partial charge is 0.405 e. The van der Waals surface area contributed by atoms with Crippen LogP contribution >= 0.6 is 34.5 Å². The van der Waals surface area contributed by atoms with Crippen molar-refractivity contribution in [3.8, 4) is 0 Å². The van der Waals surface area contributed by atoms with Crippen LogP contribution in [-0.4, -0.2) is 63.9 Å². The molecule has 0 N–H and O–H groups in total. The summed E-state index contributed by atoms with van der Waals surface area (Å²) in [6.45, 7) is 10.5. The third-order valence-electron chi connectivity index (χ3n) is 10.6. The first-order valence-corrected chi connectivity index (χ1v) is 21.5. The Kier molecular flexibility index (Phi) is 10.6. The Bertz CT molecular complexity index is 2190. The van der Waals surface area contributed by atoms with Crippen molar-refractivity contribution >= 4 is 65.0 Å². The molecule has 4 heterocycles. The van der Waals surface area contributed by atoms with Crippen LogP contribution in [0.4, 0.5) is 13.2 Å². The van der Waals surface area contributed by atoms with Gasteiger partial charge < -0.3 is 14.2 Å². The van der Waals surface area contributed by atoms with Crippen LogP contribution in [0.3, 0.4) is 0 Å². The molecule has 3 aromatic carbocycles. The van der Waals surface area contributed by atoms with E-state index in [2.05, 4.69) is 50.0 Å². The van der Waals surface area contributed by atoms with E-state index >= 15 is 0 Å². The molecule has 15 heteroatoms. The van der Waals surface area contributed by atoms with E-state index in [1.165, 1.54) is 6.07 Å². The van der Waals surface area contributed by atoms with Crippen molar-refractivity contribution in [2.24, 2.45) is 0 Å². The van der Waals surface area contributed by atoms with E-state index in [0.29, 0.717) is 28.3 Å². The lowest BCUT2D eigenvalue weighted by atomic mass is 9.97. The van der Waals surface area contributed by atoms with Gasteiger partial charge in [-0.25, -0.2) is 4.98 Å². The van der Waals surface area contributed by atoms with Crippen LogP contribution in [0.15, 0.2) is 84.2 Å². The van der Waals surface area contributed by atoms with Gasteiger partial charge in [-0.1, -0.05) is 105 Å². The summed E-state index contributed by atoms with van der Waals surface area (Å²) in [5.41, 5.74) is 0.929. The highest BCUT2D eigenvalue weighted by Crippen LogP contribution is 2.41. The average molecular weight is 827 g/mol. The fourth-order valence-electron chi connectivity index (χ4n) is 7.83. The first-order valence-electron chi connectivity index (χ1n) is 18.0. The topological polar surface area (TPSA) is 80.6 Å². The number of aromatic nitrogens is 3. The number of carbonyl (C=O) groups is 2. The Morgan fingerprint density at radius 2 is 1.64 bits per heavy atom. The second-order valence-electron chi connectivity index (χ2n) is 15.2. The molecule has 1 unspecified atom stereocenters. The standard InChI is InChI=1S/C40H40Cl2F3N5O3SSi/c1-24-18-33-30(21-48(24)37(51)26-16-17-31(41)32(42)19-26)35-38(52)49(25(2)36-46-34(23-54-36)40(43,44)45)20-27(50(35)47-33)22-53-55(39(3,4)5,28-12-8-6-9-13-28)29-14-10-7-11-15-29/h6-17,19,23-25,27H,18,20-22H2,1-5H3/t24-,25?,27+/m1/s1. The van der Waals surface area contributed by atoms with Gasteiger partial charge in [0.2, 0.25) is 0 Å². The molecule has 2 amide bonds. The summed E-state index contributed by atoms with van der Waals surface area (Å²) in [6, 6.07) is 23.5. The summed E-state index contributed by atoms with van der Waals surface area (Å²) in [5.74, 6) is -0.678. The van der Waals surface area contributed by atoms with E-state index in [1.807, 2.05) is 43.3 Å². The number of fused-ring (bicyclic) bond motifs is 3. The van der Waals surface area contributed by atoms with E-state index in [9.17, 15) is 22.8 Å². The van der Waals surface area contributed by atoms with Crippen molar-refractivity contribution in [2.75, 3.05) is 13.2 Å². The summed E-state index contributed by atoms with van der Waals surface area (Å²) in [6.07, 6.45) is -4.24. The zero-order chi connectivity index (χ0) is 39.4. The van der Waals surface area contributed by atoms with Crippen molar-refractivity contribution in [3.05, 3.63) is 128 Å². The van der Waals surface area contributed by atoms with Crippen molar-refractivity contribution in [1.29, 1.82) is 0 Å². The summed E-state index contributed by atoms with van der Waals surface area (Å²) in [5, 5.41) is 8.59. The molecule has 0 radical (unpaired) electrons. The van der Waals surface area contributed by atoms with Crippen molar-refractivity contribution < 1.29 is 27.2 Å². The van der Waals surface area contributed by atoms with Crippen LogP contribution in [0.2, 0.25) is 15.1 Å². The molecule has 7 rings (SSSR count). The van der Waals surface area contributed by atoms with E-state index in [-0.39, 0.29) is 52.4 Å². The Hall–Kier alpha value is -4.01. The van der Waals surface area contributed by atoms with Crippen LogP contribution in [0, 0.1) is 0 Å². The molecule has 0 bridgehead atoms. The molecule has 2 aromatic heterocycles. The zero-order valence-electron chi connectivity index (χ0n) is 30.9. The number of hydrogen-bond donors (Lipinski definition) is 0. The fourth-order valence-corrected chi connectivity index (χ4v) is 13.6. The minimum absolute atomic E-state index is 0.0939. The van der Waals surface area contributed by atoms with Gasteiger partial charge in [0.15, 0.2) is 5.69 Å². The number of halogens is 5. The highest BCUT2D eigenvalue weighted by atomic mass is 35.5. The summed E-state index contributed by atoms with van der Waals surface area (Å²) >= 11 is 13.3. The number of hydrogen-bond acceptors (Lipinski definition) is 6. The molecule has 0 spiro atoms. The fraction of sp³-hybridized carbons (Fsp3) is 0.350. The van der Waals surface area contributed by atoms with E-state index in [4.69, 9.17) is 32.7 Å². The molecule has 2 aliphatic heterocycles. The Morgan fingerprint density at radius 3 is 2.20 bits per heavy atom. The van der Waals surface area contributed by atoms with E-state index in [1.54, 1.807) is 33.5 Å². The maximum absolute atomic E-state index is 14.7. The number of amides is 2. The molecule has 55 heavy (non-hydrogen) atoms. The third kappa shape index (κ3) is 7.14. The Morgan fingerprint density at radius 1 is 1.00 bits per heavy atom. The number of benzene rings is 3. The number of alkyl halides is 3. The zero-order valence-corrected chi connectivity index (χ0v) is 34.2. The number of nitrogens with zero attached hydrogens (tertiary/aromatic N) is 5. The van der Waals surface area contributed by atoms with Gasteiger partial charge >= 0.3 is 6.18 Å². The van der Waals surface area contributed by atoms with Crippen molar-refractivity contribution in [1.82, 2.24) is 24.6 Å². The molecule has 3 atom stereocenters. The molecule has 0 fully saturated rings. The highest BCUT2D eigenvalue weighted by molar-refractivity contribution is 7.09. The van der Waals surface area contributed by atoms with Crippen LogP contribution < -0.4 is 10.4 Å². The molecular weight excluding hydrogens is 787 g/mol. The molecule has 0 saturated carbocycles. The minimum Gasteiger partial charge on any atom is -0.405 e. The number of carbonyl (C=O) groups excluding carboxylic acids is 2. The average Bonchev–Trinajstić information content (AvgIpc) is 3.80. The number of thiazole rings is 1. The normalized spacial score (nSPS) is 18.3. The van der Waals surface area contributed by atoms with Crippen LogP contribution in [0.1, 0.15) is 89.5 Å². The lowest BCUT2D eigenvalue weighted by Crippen LogP contribution is -2.67. The van der Waals surface area contributed by atoms with Gasteiger partial charge in [0.25, 0.3) is 20.1 Å². The molecular formula is C40H40Cl2F3N5O3SSi. The molecule has 5 aromatic rings. The van der Waals surface area contributed by atoms with Gasteiger partial charge in [0, 0.05) is 35.5 Å². The number of rotatable bonds is 8. The Labute approximate surface area is 333 Å². The second kappa shape index (κ2) is 14.8. The van der Waals surface area contributed by atoms with Gasteiger partial charge in [-0.15, -0.1) is 11.3 Å². The van der Waals surface area contributed by atoms with Crippen molar-refractivity contribution in [2.45, 2.75) is 76.9 Å². The molecule has 288 valence electrons. The lowest BCUT2D eigenvalue weighted by molar-refractivity contribution is -0.140. The lowest BCUT2D eigenvalue weighted by Gasteiger charge is -2.45. The van der Waals surface area contributed by atoms with E-state index < -0.39 is 38.2 Å². The van der Waals surface area contributed by atoms with Crippen LogP contribution in [-0.2, 0) is 23.6 Å². The summed E-state index contributed by atoms with van der Waals surface area (Å²) in [4.78, 5) is 35.8. The molecule has 0 aliphatic carbocycles. The van der Waals surface area contributed by atoms with Gasteiger partial charge in [-0.3, -0.25) is 14.3 Å². The minimum atomic E-state index is -4.62. The van der Waals surface area contributed by atoms with Crippen LogP contribution in [0.25, 0.3) is 0 Å². The molecule has 0 saturated heterocycles.